The van der Waals surface area contributed by atoms with Gasteiger partial charge in [-0.05, 0) is 37.0 Å². The molecule has 1 aromatic heterocycles. The summed E-state index contributed by atoms with van der Waals surface area (Å²) in [6, 6.07) is 4.99. The van der Waals surface area contributed by atoms with Crippen molar-refractivity contribution in [2.45, 2.75) is 38.4 Å². The van der Waals surface area contributed by atoms with Gasteiger partial charge in [-0.25, -0.2) is 0 Å². The molecule has 0 spiro atoms. The van der Waals surface area contributed by atoms with Gasteiger partial charge in [-0.3, -0.25) is 14.7 Å². The molecule has 1 aromatic carbocycles. The highest BCUT2D eigenvalue weighted by Gasteiger charge is 2.32. The first-order valence-electron chi connectivity index (χ1n) is 9.62. The van der Waals surface area contributed by atoms with Gasteiger partial charge in [0.1, 0.15) is 0 Å². The first kappa shape index (κ1) is 19.5. The monoisotopic (exact) mass is 406 g/mol. The Balaban J connectivity index is 1.44. The van der Waals surface area contributed by atoms with Crippen molar-refractivity contribution < 1.29 is 22.8 Å². The lowest BCUT2D eigenvalue weighted by Crippen LogP contribution is -2.36. The highest BCUT2D eigenvalue weighted by atomic mass is 19.4. The molecule has 9 heteroatoms. The van der Waals surface area contributed by atoms with Gasteiger partial charge in [-0.15, -0.1) is 0 Å². The van der Waals surface area contributed by atoms with E-state index in [4.69, 9.17) is 0 Å². The minimum absolute atomic E-state index is 0.0859. The van der Waals surface area contributed by atoms with Crippen molar-refractivity contribution >= 4 is 11.8 Å². The zero-order valence-electron chi connectivity index (χ0n) is 15.8. The van der Waals surface area contributed by atoms with E-state index in [1.807, 2.05) is 0 Å². The van der Waals surface area contributed by atoms with Gasteiger partial charge in [0.2, 0.25) is 5.91 Å². The summed E-state index contributed by atoms with van der Waals surface area (Å²) in [5.74, 6) is -0.372. The van der Waals surface area contributed by atoms with Crippen LogP contribution in [0.4, 0.5) is 13.2 Å². The van der Waals surface area contributed by atoms with Gasteiger partial charge < -0.3 is 9.80 Å². The number of halogens is 3. The summed E-state index contributed by atoms with van der Waals surface area (Å²) in [5, 5.41) is 7.08. The molecule has 29 heavy (non-hydrogen) atoms. The average molecular weight is 406 g/mol. The van der Waals surface area contributed by atoms with Crippen molar-refractivity contribution in [3.05, 3.63) is 52.3 Å². The summed E-state index contributed by atoms with van der Waals surface area (Å²) in [6.45, 7) is 0.958. The Morgan fingerprint density at radius 2 is 1.97 bits per heavy atom. The quantitative estimate of drug-likeness (QED) is 0.852. The van der Waals surface area contributed by atoms with Gasteiger partial charge in [-0.1, -0.05) is 12.1 Å². The van der Waals surface area contributed by atoms with Crippen LogP contribution in [0, 0.1) is 0 Å². The number of amides is 2. The average Bonchev–Trinajstić information content (AvgIpc) is 3.25. The first-order chi connectivity index (χ1) is 13.8. The molecule has 1 aliphatic heterocycles. The molecule has 2 heterocycles. The number of nitrogens with zero attached hydrogens (tertiary/aromatic N) is 3. The normalized spacial score (nSPS) is 17.4. The third kappa shape index (κ3) is 3.99. The molecule has 4 rings (SSSR count). The summed E-state index contributed by atoms with van der Waals surface area (Å²) < 4.78 is 38.8. The lowest BCUT2D eigenvalue weighted by molar-refractivity contribution is -0.137. The van der Waals surface area contributed by atoms with Crippen LogP contribution in [-0.4, -0.2) is 51.4 Å². The van der Waals surface area contributed by atoms with E-state index in [9.17, 15) is 22.8 Å². The summed E-state index contributed by atoms with van der Waals surface area (Å²) in [4.78, 5) is 28.5. The molecule has 2 aliphatic rings. The number of carbonyl (C=O) groups excluding carboxylic acids is 2. The molecule has 1 saturated heterocycles. The van der Waals surface area contributed by atoms with Gasteiger partial charge in [0.15, 0.2) is 5.69 Å². The number of carbonyl (C=O) groups is 2. The van der Waals surface area contributed by atoms with Gasteiger partial charge in [-0.2, -0.15) is 18.3 Å². The fraction of sp³-hybridized carbons (Fsp3) is 0.450. The predicted octanol–water partition coefficient (Wildman–Crippen LogP) is 2.79. The van der Waals surface area contributed by atoms with Crippen molar-refractivity contribution in [3.63, 3.8) is 0 Å². The molecule has 2 aromatic rings. The molecule has 0 radical (unpaired) electrons. The maximum absolute atomic E-state index is 12.9. The van der Waals surface area contributed by atoms with Gasteiger partial charge >= 0.3 is 6.18 Å². The van der Waals surface area contributed by atoms with Gasteiger partial charge in [0, 0.05) is 43.9 Å². The Labute approximate surface area is 165 Å². The van der Waals surface area contributed by atoms with Gasteiger partial charge in [0.05, 0.1) is 5.56 Å². The summed E-state index contributed by atoms with van der Waals surface area (Å²) in [7, 11) is 0. The van der Waals surface area contributed by atoms with E-state index in [1.165, 1.54) is 11.0 Å². The molecule has 0 unspecified atom stereocenters. The Kier molecular flexibility index (Phi) is 5.06. The van der Waals surface area contributed by atoms with E-state index in [0.717, 1.165) is 42.7 Å². The molecule has 1 N–H and O–H groups in total. The number of hydrogen-bond donors (Lipinski definition) is 1. The second-order valence-electron chi connectivity index (χ2n) is 7.44. The zero-order valence-corrected chi connectivity index (χ0v) is 15.8. The Bertz CT molecular complexity index is 938. The highest BCUT2D eigenvalue weighted by Crippen LogP contribution is 2.30. The largest absolute Gasteiger partial charge is 0.416 e. The zero-order chi connectivity index (χ0) is 20.6. The summed E-state index contributed by atoms with van der Waals surface area (Å²) in [6.07, 6.45) is -1.59. The summed E-state index contributed by atoms with van der Waals surface area (Å²) in [5.41, 5.74) is 2.08. The topological polar surface area (TPSA) is 69.3 Å². The Morgan fingerprint density at radius 3 is 2.76 bits per heavy atom. The third-order valence-electron chi connectivity index (χ3n) is 5.51. The lowest BCUT2D eigenvalue weighted by atomic mass is 10.1. The third-order valence-corrected chi connectivity index (χ3v) is 5.51. The van der Waals surface area contributed by atoms with Crippen LogP contribution in [0.15, 0.2) is 24.3 Å². The van der Waals surface area contributed by atoms with E-state index >= 15 is 0 Å². The number of hydrogen-bond acceptors (Lipinski definition) is 3. The van der Waals surface area contributed by atoms with E-state index in [-0.39, 0.29) is 37.9 Å². The van der Waals surface area contributed by atoms with Crippen LogP contribution in [0.25, 0.3) is 0 Å². The van der Waals surface area contributed by atoms with Crippen LogP contribution in [0.1, 0.15) is 45.7 Å². The number of alkyl halides is 3. The fourth-order valence-electron chi connectivity index (χ4n) is 3.95. The van der Waals surface area contributed by atoms with Crippen molar-refractivity contribution in [2.75, 3.05) is 19.6 Å². The molecule has 2 amide bonds. The Hall–Kier alpha value is -2.84. The molecule has 0 atom stereocenters. The van der Waals surface area contributed by atoms with E-state index in [0.29, 0.717) is 17.8 Å². The molecule has 0 saturated carbocycles. The number of aromatic nitrogens is 2. The van der Waals surface area contributed by atoms with Crippen molar-refractivity contribution in [1.82, 2.24) is 20.0 Å². The number of fused-ring (bicyclic) bond motifs is 1. The lowest BCUT2D eigenvalue weighted by Gasteiger charge is -2.22. The van der Waals surface area contributed by atoms with Crippen LogP contribution in [0.3, 0.4) is 0 Å². The number of aryl methyl sites for hydroxylation is 1. The molecule has 1 fully saturated rings. The maximum Gasteiger partial charge on any atom is 0.416 e. The second kappa shape index (κ2) is 7.53. The van der Waals surface area contributed by atoms with Crippen LogP contribution in [-0.2, 0) is 30.4 Å². The maximum atomic E-state index is 12.9. The highest BCUT2D eigenvalue weighted by molar-refractivity contribution is 5.94. The van der Waals surface area contributed by atoms with E-state index in [2.05, 4.69) is 10.2 Å². The minimum atomic E-state index is -4.42. The van der Waals surface area contributed by atoms with Crippen molar-refractivity contribution in [1.29, 1.82) is 0 Å². The number of nitrogens with one attached hydrogen (secondary N) is 1. The van der Waals surface area contributed by atoms with Crippen LogP contribution < -0.4 is 0 Å². The smallest absolute Gasteiger partial charge is 0.337 e. The van der Waals surface area contributed by atoms with Crippen molar-refractivity contribution in [2.24, 2.45) is 0 Å². The van der Waals surface area contributed by atoms with Crippen LogP contribution in [0.2, 0.25) is 0 Å². The van der Waals surface area contributed by atoms with Crippen molar-refractivity contribution in [3.8, 4) is 0 Å². The van der Waals surface area contributed by atoms with E-state index < -0.39 is 11.7 Å². The van der Waals surface area contributed by atoms with Crippen LogP contribution in [0.5, 0.6) is 0 Å². The fourth-order valence-corrected chi connectivity index (χ4v) is 3.95. The molecule has 0 bridgehead atoms. The van der Waals surface area contributed by atoms with E-state index in [1.54, 1.807) is 11.0 Å². The summed E-state index contributed by atoms with van der Waals surface area (Å²) >= 11 is 0. The number of H-pyrrole nitrogens is 1. The standard InChI is InChI=1S/C20H21F3N4O2/c21-20(22,23)14-4-1-3-13(11-14)12-27-10-9-26(8-7-17(27)28)19(29)18-15-5-2-6-16(15)24-25-18/h1,3-4,11H,2,5-10,12H2,(H,24,25). The van der Waals surface area contributed by atoms with Gasteiger partial charge in [0.25, 0.3) is 5.91 Å². The predicted molar refractivity (Wildman–Crippen MR) is 98.0 cm³/mol. The molecular weight excluding hydrogens is 385 g/mol. The first-order valence-corrected chi connectivity index (χ1v) is 9.62. The number of aromatic amines is 1. The minimum Gasteiger partial charge on any atom is -0.337 e. The van der Waals surface area contributed by atoms with Crippen LogP contribution >= 0.6 is 0 Å². The SMILES string of the molecule is O=C1CCN(C(=O)c2n[nH]c3c2CCC3)CCN1Cc1cccc(C(F)(F)F)c1. The second-order valence-corrected chi connectivity index (χ2v) is 7.44. The Morgan fingerprint density at radius 1 is 1.14 bits per heavy atom. The molecule has 154 valence electrons. The number of rotatable bonds is 3. The molecule has 6 nitrogen and oxygen atoms in total. The molecular formula is C20H21F3N4O2. The number of benzene rings is 1. The molecule has 1 aliphatic carbocycles.